The number of hydrogen-bond donors (Lipinski definition) is 3. The molecular weight excluding hydrogens is 210 g/mol. The number of aliphatic hydroxyl groups is 1. The van der Waals surface area contributed by atoms with E-state index in [1.165, 1.54) is 0 Å². The Morgan fingerprint density at radius 1 is 1.31 bits per heavy atom. The molecule has 0 aromatic heterocycles. The standard InChI is InChI=1S/C11H21NO4/c1-7(11(2,3)4)5-9(14)12-8(6-13)10(15)16/h7-8,13H,5-6H2,1-4H3,(H,12,14)(H,15,16)/t7?,8-/m0/s1. The number of hydrogen-bond acceptors (Lipinski definition) is 3. The summed E-state index contributed by atoms with van der Waals surface area (Å²) in [4.78, 5) is 22.1. The average Bonchev–Trinajstić information content (AvgIpc) is 2.11. The van der Waals surface area contributed by atoms with Crippen LogP contribution in [0.25, 0.3) is 0 Å². The van der Waals surface area contributed by atoms with E-state index < -0.39 is 18.6 Å². The molecule has 0 spiro atoms. The highest BCUT2D eigenvalue weighted by atomic mass is 16.4. The molecule has 0 saturated heterocycles. The molecule has 0 rings (SSSR count). The minimum atomic E-state index is -1.22. The van der Waals surface area contributed by atoms with E-state index in [0.29, 0.717) is 0 Å². The van der Waals surface area contributed by atoms with Gasteiger partial charge < -0.3 is 15.5 Å². The summed E-state index contributed by atoms with van der Waals surface area (Å²) in [5, 5.41) is 19.7. The van der Waals surface area contributed by atoms with Gasteiger partial charge in [-0.2, -0.15) is 0 Å². The first kappa shape index (κ1) is 14.9. The normalized spacial score (nSPS) is 15.3. The van der Waals surface area contributed by atoms with Crippen LogP contribution in [-0.2, 0) is 9.59 Å². The Bertz CT molecular complexity index is 257. The van der Waals surface area contributed by atoms with Gasteiger partial charge in [0.1, 0.15) is 6.04 Å². The maximum atomic E-state index is 11.5. The maximum Gasteiger partial charge on any atom is 0.328 e. The molecular formula is C11H21NO4. The predicted molar refractivity (Wildman–Crippen MR) is 59.9 cm³/mol. The first-order valence-electron chi connectivity index (χ1n) is 5.31. The number of carbonyl (C=O) groups is 2. The van der Waals surface area contributed by atoms with Gasteiger partial charge in [-0.3, -0.25) is 4.79 Å². The van der Waals surface area contributed by atoms with Crippen LogP contribution in [0.4, 0.5) is 0 Å². The van der Waals surface area contributed by atoms with Gasteiger partial charge in [-0.25, -0.2) is 4.79 Å². The van der Waals surface area contributed by atoms with Crippen molar-refractivity contribution in [3.63, 3.8) is 0 Å². The molecule has 1 unspecified atom stereocenters. The largest absolute Gasteiger partial charge is 0.480 e. The zero-order valence-electron chi connectivity index (χ0n) is 10.3. The lowest BCUT2D eigenvalue weighted by atomic mass is 9.80. The van der Waals surface area contributed by atoms with Crippen molar-refractivity contribution in [3.8, 4) is 0 Å². The number of carboxylic acids is 1. The molecule has 0 aromatic carbocycles. The van der Waals surface area contributed by atoms with Gasteiger partial charge in [-0.1, -0.05) is 27.7 Å². The van der Waals surface area contributed by atoms with E-state index in [0.717, 1.165) is 0 Å². The molecule has 5 heteroatoms. The van der Waals surface area contributed by atoms with Crippen LogP contribution in [0, 0.1) is 11.3 Å². The van der Waals surface area contributed by atoms with Crippen molar-refractivity contribution in [1.82, 2.24) is 5.32 Å². The molecule has 0 heterocycles. The lowest BCUT2D eigenvalue weighted by molar-refractivity contribution is -0.143. The van der Waals surface area contributed by atoms with Crippen LogP contribution in [0.5, 0.6) is 0 Å². The molecule has 2 atom stereocenters. The van der Waals surface area contributed by atoms with Gasteiger partial charge in [0, 0.05) is 6.42 Å². The second-order valence-corrected chi connectivity index (χ2v) is 5.11. The highest BCUT2D eigenvalue weighted by Gasteiger charge is 2.25. The molecule has 1 amide bonds. The monoisotopic (exact) mass is 231 g/mol. The summed E-state index contributed by atoms with van der Waals surface area (Å²) in [6.07, 6.45) is 0.257. The quantitative estimate of drug-likeness (QED) is 0.647. The molecule has 0 aliphatic carbocycles. The van der Waals surface area contributed by atoms with Gasteiger partial charge in [0.05, 0.1) is 6.61 Å². The number of carboxylic acid groups (broad SMARTS) is 1. The fourth-order valence-corrected chi connectivity index (χ4v) is 1.02. The summed E-state index contributed by atoms with van der Waals surface area (Å²) in [5.74, 6) is -1.43. The van der Waals surface area contributed by atoms with Crippen LogP contribution in [0.15, 0.2) is 0 Å². The summed E-state index contributed by atoms with van der Waals surface area (Å²) in [6, 6.07) is -1.21. The molecule has 0 bridgehead atoms. The highest BCUT2D eigenvalue weighted by Crippen LogP contribution is 2.27. The molecule has 0 saturated carbocycles. The molecule has 0 fully saturated rings. The SMILES string of the molecule is CC(CC(=O)N[C@@H](CO)C(=O)O)C(C)(C)C. The topological polar surface area (TPSA) is 86.6 Å². The highest BCUT2D eigenvalue weighted by molar-refractivity contribution is 5.83. The Balaban J connectivity index is 4.23. The van der Waals surface area contributed by atoms with Crippen LogP contribution in [0.2, 0.25) is 0 Å². The van der Waals surface area contributed by atoms with Gasteiger partial charge in [0.25, 0.3) is 0 Å². The van der Waals surface area contributed by atoms with E-state index in [4.69, 9.17) is 10.2 Å². The molecule has 0 aliphatic heterocycles. The Morgan fingerprint density at radius 2 is 1.81 bits per heavy atom. The first-order valence-corrected chi connectivity index (χ1v) is 5.31. The molecule has 0 aromatic rings. The summed E-state index contributed by atoms with van der Waals surface area (Å²) in [5.41, 5.74) is -0.00469. The van der Waals surface area contributed by atoms with Crippen molar-refractivity contribution in [2.75, 3.05) is 6.61 Å². The first-order chi connectivity index (χ1) is 7.18. The molecule has 3 N–H and O–H groups in total. The van der Waals surface area contributed by atoms with E-state index in [1.54, 1.807) is 0 Å². The number of rotatable bonds is 5. The smallest absolute Gasteiger partial charge is 0.328 e. The number of carbonyl (C=O) groups excluding carboxylic acids is 1. The Hall–Kier alpha value is -1.10. The second-order valence-electron chi connectivity index (χ2n) is 5.11. The van der Waals surface area contributed by atoms with Crippen molar-refractivity contribution in [2.45, 2.75) is 40.2 Å². The number of aliphatic carboxylic acids is 1. The van der Waals surface area contributed by atoms with Crippen molar-refractivity contribution in [1.29, 1.82) is 0 Å². The fourth-order valence-electron chi connectivity index (χ4n) is 1.02. The molecule has 0 radical (unpaired) electrons. The van der Waals surface area contributed by atoms with Crippen molar-refractivity contribution in [3.05, 3.63) is 0 Å². The van der Waals surface area contributed by atoms with Crippen molar-refractivity contribution < 1.29 is 19.8 Å². The van der Waals surface area contributed by atoms with Gasteiger partial charge >= 0.3 is 5.97 Å². The third-order valence-electron chi connectivity index (χ3n) is 2.79. The Morgan fingerprint density at radius 3 is 2.12 bits per heavy atom. The summed E-state index contributed by atoms with van der Waals surface area (Å²) in [7, 11) is 0. The van der Waals surface area contributed by atoms with Crippen LogP contribution < -0.4 is 5.32 Å². The van der Waals surface area contributed by atoms with Gasteiger partial charge in [-0.15, -0.1) is 0 Å². The Kier molecular flexibility index (Phi) is 5.44. The lowest BCUT2D eigenvalue weighted by Gasteiger charge is -2.27. The third kappa shape index (κ3) is 5.11. The minimum absolute atomic E-state index is 0.00469. The molecule has 16 heavy (non-hydrogen) atoms. The summed E-state index contributed by atoms with van der Waals surface area (Å²) >= 11 is 0. The van der Waals surface area contributed by atoms with Crippen LogP contribution in [0.1, 0.15) is 34.1 Å². The van der Waals surface area contributed by atoms with Crippen LogP contribution >= 0.6 is 0 Å². The lowest BCUT2D eigenvalue weighted by Crippen LogP contribution is -2.44. The van der Waals surface area contributed by atoms with Gasteiger partial charge in [0.2, 0.25) is 5.91 Å². The average molecular weight is 231 g/mol. The third-order valence-corrected chi connectivity index (χ3v) is 2.79. The van der Waals surface area contributed by atoms with E-state index in [9.17, 15) is 9.59 Å². The maximum absolute atomic E-state index is 11.5. The van der Waals surface area contributed by atoms with Crippen LogP contribution in [-0.4, -0.2) is 34.7 Å². The van der Waals surface area contributed by atoms with Crippen LogP contribution in [0.3, 0.4) is 0 Å². The zero-order chi connectivity index (χ0) is 12.9. The van der Waals surface area contributed by atoms with Gasteiger partial charge in [-0.05, 0) is 11.3 Å². The van der Waals surface area contributed by atoms with E-state index in [1.807, 2.05) is 27.7 Å². The van der Waals surface area contributed by atoms with E-state index >= 15 is 0 Å². The zero-order valence-corrected chi connectivity index (χ0v) is 10.3. The number of nitrogens with one attached hydrogen (secondary N) is 1. The summed E-state index contributed by atoms with van der Waals surface area (Å²) < 4.78 is 0. The van der Waals surface area contributed by atoms with Crippen molar-refractivity contribution in [2.24, 2.45) is 11.3 Å². The van der Waals surface area contributed by atoms with Crippen molar-refractivity contribution >= 4 is 11.9 Å². The Labute approximate surface area is 95.9 Å². The molecule has 94 valence electrons. The minimum Gasteiger partial charge on any atom is -0.480 e. The summed E-state index contributed by atoms with van der Waals surface area (Å²) in [6.45, 7) is 7.41. The second kappa shape index (κ2) is 5.84. The van der Waals surface area contributed by atoms with E-state index in [2.05, 4.69) is 5.32 Å². The van der Waals surface area contributed by atoms with Gasteiger partial charge in [0.15, 0.2) is 0 Å². The molecule has 5 nitrogen and oxygen atoms in total. The van der Waals surface area contributed by atoms with E-state index in [-0.39, 0.29) is 23.7 Å². The predicted octanol–water partition coefficient (Wildman–Crippen LogP) is 0.620. The number of aliphatic hydroxyl groups excluding tert-OH is 1. The molecule has 0 aliphatic rings. The fraction of sp³-hybridized carbons (Fsp3) is 0.818. The number of amides is 1.